The zero-order chi connectivity index (χ0) is 15.8. The van der Waals surface area contributed by atoms with E-state index in [0.29, 0.717) is 6.61 Å². The van der Waals surface area contributed by atoms with E-state index in [4.69, 9.17) is 21.1 Å². The van der Waals surface area contributed by atoms with Crippen molar-refractivity contribution >= 4 is 11.6 Å². The van der Waals surface area contributed by atoms with Gasteiger partial charge in [-0.3, -0.25) is 0 Å². The van der Waals surface area contributed by atoms with Crippen molar-refractivity contribution in [1.82, 2.24) is 5.32 Å². The lowest BCUT2D eigenvalue weighted by Gasteiger charge is -2.12. The van der Waals surface area contributed by atoms with E-state index >= 15 is 0 Å². The summed E-state index contributed by atoms with van der Waals surface area (Å²) in [5.41, 5.74) is 2.28. The summed E-state index contributed by atoms with van der Waals surface area (Å²) in [4.78, 5) is 0. The number of hydrogen-bond donors (Lipinski definition) is 1. The first-order chi connectivity index (χ1) is 10.7. The molecule has 0 spiro atoms. The Morgan fingerprint density at radius 2 is 1.86 bits per heavy atom. The van der Waals surface area contributed by atoms with Crippen LogP contribution in [-0.2, 0) is 13.0 Å². The zero-order valence-electron chi connectivity index (χ0n) is 13.1. The fourth-order valence-electron chi connectivity index (χ4n) is 2.34. The number of methoxy groups -OCH3 is 1. The Morgan fingerprint density at radius 1 is 1.05 bits per heavy atom. The molecule has 3 nitrogen and oxygen atoms in total. The molecule has 1 N–H and O–H groups in total. The normalized spacial score (nSPS) is 10.5. The standard InChI is InChI=1S/C18H22ClNO2/c1-3-22-18-9-8-16(19)12-15(18)13-20-11-10-14-6-4-5-7-17(14)21-2/h4-9,12,20H,3,10-11,13H2,1-2H3. The minimum Gasteiger partial charge on any atom is -0.496 e. The van der Waals surface area contributed by atoms with E-state index in [2.05, 4.69) is 11.4 Å². The highest BCUT2D eigenvalue weighted by Gasteiger charge is 2.05. The minimum absolute atomic E-state index is 0.649. The predicted molar refractivity (Wildman–Crippen MR) is 91.0 cm³/mol. The van der Waals surface area contributed by atoms with Gasteiger partial charge in [0.1, 0.15) is 11.5 Å². The van der Waals surface area contributed by atoms with E-state index < -0.39 is 0 Å². The molecular formula is C18H22ClNO2. The number of hydrogen-bond acceptors (Lipinski definition) is 3. The van der Waals surface area contributed by atoms with E-state index in [1.54, 1.807) is 7.11 Å². The lowest BCUT2D eigenvalue weighted by molar-refractivity contribution is 0.335. The van der Waals surface area contributed by atoms with Gasteiger partial charge in [0.25, 0.3) is 0 Å². The van der Waals surface area contributed by atoms with Gasteiger partial charge in [-0.25, -0.2) is 0 Å². The molecule has 0 atom stereocenters. The van der Waals surface area contributed by atoms with E-state index in [9.17, 15) is 0 Å². The first-order valence-electron chi connectivity index (χ1n) is 7.48. The van der Waals surface area contributed by atoms with Crippen LogP contribution in [-0.4, -0.2) is 20.3 Å². The Labute approximate surface area is 137 Å². The summed E-state index contributed by atoms with van der Waals surface area (Å²) in [5.74, 6) is 1.82. The summed E-state index contributed by atoms with van der Waals surface area (Å²) < 4.78 is 11.0. The van der Waals surface area contributed by atoms with Crippen molar-refractivity contribution in [1.29, 1.82) is 0 Å². The molecule has 0 aromatic heterocycles. The van der Waals surface area contributed by atoms with Crippen LogP contribution in [0.3, 0.4) is 0 Å². The fraction of sp³-hybridized carbons (Fsp3) is 0.333. The molecule has 0 saturated carbocycles. The monoisotopic (exact) mass is 319 g/mol. The van der Waals surface area contributed by atoms with Crippen LogP contribution in [0.25, 0.3) is 0 Å². The predicted octanol–water partition coefficient (Wildman–Crippen LogP) is 4.08. The van der Waals surface area contributed by atoms with Crippen LogP contribution in [0.4, 0.5) is 0 Å². The fourth-order valence-corrected chi connectivity index (χ4v) is 2.53. The number of nitrogens with one attached hydrogen (secondary N) is 1. The van der Waals surface area contributed by atoms with Gasteiger partial charge in [0, 0.05) is 17.1 Å². The van der Waals surface area contributed by atoms with Crippen molar-refractivity contribution in [3.05, 3.63) is 58.6 Å². The van der Waals surface area contributed by atoms with Gasteiger partial charge < -0.3 is 14.8 Å². The molecule has 118 valence electrons. The molecule has 0 saturated heterocycles. The van der Waals surface area contributed by atoms with Crippen LogP contribution in [0.15, 0.2) is 42.5 Å². The van der Waals surface area contributed by atoms with Gasteiger partial charge in [-0.15, -0.1) is 0 Å². The van der Waals surface area contributed by atoms with E-state index in [1.165, 1.54) is 5.56 Å². The van der Waals surface area contributed by atoms with Crippen molar-refractivity contribution in [3.8, 4) is 11.5 Å². The average molecular weight is 320 g/mol. The summed E-state index contributed by atoms with van der Waals surface area (Å²) >= 11 is 6.07. The number of halogens is 1. The molecule has 2 aromatic carbocycles. The maximum atomic E-state index is 6.07. The van der Waals surface area contributed by atoms with Crippen LogP contribution in [0.2, 0.25) is 5.02 Å². The zero-order valence-corrected chi connectivity index (χ0v) is 13.8. The Hall–Kier alpha value is -1.71. The molecule has 2 aromatic rings. The summed E-state index contributed by atoms with van der Waals surface area (Å²) in [6.45, 7) is 4.22. The SMILES string of the molecule is CCOc1ccc(Cl)cc1CNCCc1ccccc1OC. The van der Waals surface area contributed by atoms with E-state index in [-0.39, 0.29) is 0 Å². The number of benzene rings is 2. The third-order valence-corrected chi connectivity index (χ3v) is 3.64. The maximum Gasteiger partial charge on any atom is 0.123 e. The largest absolute Gasteiger partial charge is 0.496 e. The van der Waals surface area contributed by atoms with Crippen molar-refractivity contribution in [3.63, 3.8) is 0 Å². The topological polar surface area (TPSA) is 30.5 Å². The molecule has 0 aliphatic rings. The van der Waals surface area contributed by atoms with Crippen LogP contribution < -0.4 is 14.8 Å². The molecule has 2 rings (SSSR count). The average Bonchev–Trinajstić information content (AvgIpc) is 2.54. The van der Waals surface area contributed by atoms with E-state index in [1.807, 2.05) is 43.3 Å². The Balaban J connectivity index is 1.90. The van der Waals surface area contributed by atoms with Gasteiger partial charge >= 0.3 is 0 Å². The van der Waals surface area contributed by atoms with Gasteiger partial charge in [0.15, 0.2) is 0 Å². The summed E-state index contributed by atoms with van der Waals surface area (Å²) in [5, 5.41) is 4.16. The maximum absolute atomic E-state index is 6.07. The molecule has 0 fully saturated rings. The second kappa shape index (κ2) is 8.66. The highest BCUT2D eigenvalue weighted by atomic mass is 35.5. The van der Waals surface area contributed by atoms with Crippen LogP contribution >= 0.6 is 11.6 Å². The molecule has 0 aliphatic carbocycles. The van der Waals surface area contributed by atoms with Crippen LogP contribution in [0, 0.1) is 0 Å². The molecule has 0 heterocycles. The summed E-state index contributed by atoms with van der Waals surface area (Å²) in [6, 6.07) is 13.8. The van der Waals surface area contributed by atoms with Crippen molar-refractivity contribution < 1.29 is 9.47 Å². The van der Waals surface area contributed by atoms with Gasteiger partial charge in [-0.2, -0.15) is 0 Å². The van der Waals surface area contributed by atoms with Crippen LogP contribution in [0.5, 0.6) is 11.5 Å². The Morgan fingerprint density at radius 3 is 2.64 bits per heavy atom. The third-order valence-electron chi connectivity index (χ3n) is 3.40. The molecule has 4 heteroatoms. The van der Waals surface area contributed by atoms with Gasteiger partial charge in [-0.05, 0) is 49.7 Å². The molecule has 0 bridgehead atoms. The van der Waals surface area contributed by atoms with Gasteiger partial charge in [-0.1, -0.05) is 29.8 Å². The molecule has 22 heavy (non-hydrogen) atoms. The van der Waals surface area contributed by atoms with Gasteiger partial charge in [0.2, 0.25) is 0 Å². The highest BCUT2D eigenvalue weighted by Crippen LogP contribution is 2.23. The molecule has 0 amide bonds. The second-order valence-electron chi connectivity index (χ2n) is 4.92. The number of ether oxygens (including phenoxy) is 2. The van der Waals surface area contributed by atoms with Gasteiger partial charge in [0.05, 0.1) is 13.7 Å². The minimum atomic E-state index is 0.649. The second-order valence-corrected chi connectivity index (χ2v) is 5.36. The first kappa shape index (κ1) is 16.7. The van der Waals surface area contributed by atoms with Crippen molar-refractivity contribution in [2.75, 3.05) is 20.3 Å². The highest BCUT2D eigenvalue weighted by molar-refractivity contribution is 6.30. The Kier molecular flexibility index (Phi) is 6.56. The molecule has 0 unspecified atom stereocenters. The van der Waals surface area contributed by atoms with Crippen molar-refractivity contribution in [2.24, 2.45) is 0 Å². The third kappa shape index (κ3) is 4.65. The number of rotatable bonds is 8. The van der Waals surface area contributed by atoms with E-state index in [0.717, 1.165) is 41.6 Å². The molecule has 0 radical (unpaired) electrons. The molecular weight excluding hydrogens is 298 g/mol. The summed E-state index contributed by atoms with van der Waals surface area (Å²) in [6.07, 6.45) is 0.911. The lowest BCUT2D eigenvalue weighted by atomic mass is 10.1. The quantitative estimate of drug-likeness (QED) is 0.744. The summed E-state index contributed by atoms with van der Waals surface area (Å²) in [7, 11) is 1.70. The number of para-hydroxylation sites is 1. The lowest BCUT2D eigenvalue weighted by Crippen LogP contribution is -2.17. The first-order valence-corrected chi connectivity index (χ1v) is 7.86. The van der Waals surface area contributed by atoms with Crippen molar-refractivity contribution in [2.45, 2.75) is 19.9 Å². The van der Waals surface area contributed by atoms with Crippen LogP contribution in [0.1, 0.15) is 18.1 Å². The smallest absolute Gasteiger partial charge is 0.123 e. The Bertz CT molecular complexity index is 601. The molecule has 0 aliphatic heterocycles.